The fraction of sp³-hybridized carbons (Fsp3) is 0.217. The maximum atomic E-state index is 5.92. The lowest BCUT2D eigenvalue weighted by atomic mass is 9.78. The third kappa shape index (κ3) is 4.16. The Morgan fingerprint density at radius 2 is 1.48 bits per heavy atom. The van der Waals surface area contributed by atoms with Gasteiger partial charge in [-0.05, 0) is 36.2 Å². The van der Waals surface area contributed by atoms with Crippen LogP contribution in [0.1, 0.15) is 36.2 Å². The lowest BCUT2D eigenvalue weighted by Gasteiger charge is -2.26. The van der Waals surface area contributed by atoms with Crippen molar-refractivity contribution in [2.24, 2.45) is 0 Å². The first kappa shape index (κ1) is 18.8. The fourth-order valence-corrected chi connectivity index (χ4v) is 3.16. The monoisotopic (exact) mass is 385 g/mol. The van der Waals surface area contributed by atoms with Gasteiger partial charge in [-0.3, -0.25) is 4.57 Å². The van der Waals surface area contributed by atoms with E-state index in [2.05, 4.69) is 77.3 Å². The first-order chi connectivity index (χ1) is 14.0. The highest BCUT2D eigenvalue weighted by atomic mass is 16.5. The van der Waals surface area contributed by atoms with Crippen molar-refractivity contribution in [3.05, 3.63) is 95.8 Å². The molecule has 2 aromatic heterocycles. The van der Waals surface area contributed by atoms with Crippen LogP contribution in [0.15, 0.2) is 73.4 Å². The molecule has 0 saturated carbocycles. The molecule has 6 nitrogen and oxygen atoms in total. The Kier molecular flexibility index (Phi) is 5.08. The van der Waals surface area contributed by atoms with Crippen LogP contribution in [0.25, 0.3) is 5.95 Å². The van der Waals surface area contributed by atoms with Crippen LogP contribution in [0.5, 0.6) is 5.75 Å². The number of rotatable bonds is 6. The Hall–Kier alpha value is -3.54. The zero-order chi connectivity index (χ0) is 20.3. The van der Waals surface area contributed by atoms with Crippen molar-refractivity contribution in [1.29, 1.82) is 0 Å². The summed E-state index contributed by atoms with van der Waals surface area (Å²) < 4.78 is 7.58. The highest BCUT2D eigenvalue weighted by Crippen LogP contribution is 2.32. The molecule has 0 aliphatic carbocycles. The number of benzene rings is 2. The molecule has 0 saturated heterocycles. The smallest absolute Gasteiger partial charge is 0.236 e. The molecule has 2 aromatic carbocycles. The second-order valence-electron chi connectivity index (χ2n) is 7.52. The zero-order valence-electron chi connectivity index (χ0n) is 16.8. The van der Waals surface area contributed by atoms with Crippen LogP contribution in [0.2, 0.25) is 0 Å². The molecule has 4 aromatic rings. The maximum Gasteiger partial charge on any atom is 0.236 e. The highest BCUT2D eigenvalue weighted by Gasteiger charge is 2.22. The molecule has 0 bridgehead atoms. The Morgan fingerprint density at radius 1 is 0.862 bits per heavy atom. The van der Waals surface area contributed by atoms with Crippen molar-refractivity contribution in [1.82, 2.24) is 24.7 Å². The highest BCUT2D eigenvalue weighted by molar-refractivity contribution is 5.40. The van der Waals surface area contributed by atoms with Crippen molar-refractivity contribution in [2.75, 3.05) is 0 Å². The largest absolute Gasteiger partial charge is 0.487 e. The van der Waals surface area contributed by atoms with Gasteiger partial charge in [-0.25, -0.2) is 9.97 Å². The summed E-state index contributed by atoms with van der Waals surface area (Å²) in [5.74, 6) is 1.32. The summed E-state index contributed by atoms with van der Waals surface area (Å²) in [6.07, 6.45) is 4.83. The number of ether oxygens (including phenoxy) is 1. The summed E-state index contributed by atoms with van der Waals surface area (Å²) in [5, 5.41) is 7.56. The van der Waals surface area contributed by atoms with Crippen LogP contribution >= 0.6 is 0 Å². The van der Waals surface area contributed by atoms with Gasteiger partial charge in [-0.15, -0.1) is 10.2 Å². The molecule has 0 aliphatic heterocycles. The van der Waals surface area contributed by atoms with E-state index in [4.69, 9.17) is 4.74 Å². The van der Waals surface area contributed by atoms with Gasteiger partial charge < -0.3 is 4.74 Å². The van der Waals surface area contributed by atoms with Crippen LogP contribution in [0.4, 0.5) is 0 Å². The topological polar surface area (TPSA) is 65.7 Å². The van der Waals surface area contributed by atoms with Gasteiger partial charge >= 0.3 is 0 Å². The Balaban J connectivity index is 1.45. The van der Waals surface area contributed by atoms with E-state index in [1.165, 1.54) is 16.7 Å². The fourth-order valence-electron chi connectivity index (χ4n) is 3.16. The average molecular weight is 385 g/mol. The predicted octanol–water partition coefficient (Wildman–Crippen LogP) is 4.27. The molecular formula is C23H23N5O. The van der Waals surface area contributed by atoms with Gasteiger partial charge in [-0.1, -0.05) is 55.8 Å². The molecule has 0 aliphatic rings. The van der Waals surface area contributed by atoms with Crippen molar-refractivity contribution >= 4 is 0 Å². The van der Waals surface area contributed by atoms with E-state index in [1.807, 2.05) is 18.2 Å². The number of nitrogens with zero attached hydrogens (tertiary/aromatic N) is 5. The molecule has 6 heteroatoms. The number of aryl methyl sites for hydroxylation is 1. The van der Waals surface area contributed by atoms with Gasteiger partial charge in [-0.2, -0.15) is 0 Å². The first-order valence-electron chi connectivity index (χ1n) is 9.50. The second-order valence-corrected chi connectivity index (χ2v) is 7.52. The molecule has 0 N–H and O–H groups in total. The summed E-state index contributed by atoms with van der Waals surface area (Å²) in [7, 11) is 0. The van der Waals surface area contributed by atoms with Crippen molar-refractivity contribution in [3.8, 4) is 11.7 Å². The van der Waals surface area contributed by atoms with Crippen molar-refractivity contribution < 1.29 is 4.74 Å². The van der Waals surface area contributed by atoms with Gasteiger partial charge in [0.2, 0.25) is 5.95 Å². The molecule has 29 heavy (non-hydrogen) atoms. The minimum absolute atomic E-state index is 0.0768. The molecule has 0 unspecified atom stereocenters. The quantitative estimate of drug-likeness (QED) is 0.496. The molecule has 2 heterocycles. The van der Waals surface area contributed by atoms with Crippen LogP contribution < -0.4 is 4.74 Å². The van der Waals surface area contributed by atoms with Crippen LogP contribution in [0.3, 0.4) is 0 Å². The molecule has 0 fully saturated rings. The van der Waals surface area contributed by atoms with E-state index in [0.717, 1.165) is 11.4 Å². The molecular weight excluding hydrogens is 362 g/mol. The minimum atomic E-state index is -0.0768. The third-order valence-electron chi connectivity index (χ3n) is 5.09. The lowest BCUT2D eigenvalue weighted by molar-refractivity contribution is 0.300. The second kappa shape index (κ2) is 7.83. The molecule has 146 valence electrons. The Labute approximate surface area is 170 Å². The summed E-state index contributed by atoms with van der Waals surface area (Å²) in [4.78, 5) is 8.71. The minimum Gasteiger partial charge on any atom is -0.487 e. The van der Waals surface area contributed by atoms with E-state index in [1.54, 1.807) is 23.4 Å². The van der Waals surface area contributed by atoms with Crippen LogP contribution in [-0.2, 0) is 12.0 Å². The standard InChI is InChI=1S/C23H23N5O/c1-17-4-6-18(7-5-17)23(2,3)19-8-10-21(11-9-19)29-14-20-12-13-24-22(27-20)28-15-25-26-16-28/h4-13,15-16H,14H2,1-3H3. The maximum absolute atomic E-state index is 5.92. The summed E-state index contributed by atoms with van der Waals surface area (Å²) >= 11 is 0. The zero-order valence-corrected chi connectivity index (χ0v) is 16.8. The van der Waals surface area contributed by atoms with Crippen molar-refractivity contribution in [2.45, 2.75) is 32.8 Å². The predicted molar refractivity (Wildman–Crippen MR) is 111 cm³/mol. The summed E-state index contributed by atoms with van der Waals surface area (Å²) in [6, 6.07) is 18.8. The van der Waals surface area contributed by atoms with Gasteiger partial charge in [0, 0.05) is 11.6 Å². The third-order valence-corrected chi connectivity index (χ3v) is 5.09. The first-order valence-corrected chi connectivity index (χ1v) is 9.50. The molecule has 4 rings (SSSR count). The Bertz CT molecular complexity index is 1070. The van der Waals surface area contributed by atoms with Gasteiger partial charge in [0.15, 0.2) is 0 Å². The van der Waals surface area contributed by atoms with Crippen molar-refractivity contribution in [3.63, 3.8) is 0 Å². The average Bonchev–Trinajstić information content (AvgIpc) is 3.28. The summed E-state index contributed by atoms with van der Waals surface area (Å²) in [6.45, 7) is 6.94. The van der Waals surface area contributed by atoms with Gasteiger partial charge in [0.25, 0.3) is 0 Å². The molecule has 0 spiro atoms. The lowest BCUT2D eigenvalue weighted by Crippen LogP contribution is -2.18. The van der Waals surface area contributed by atoms with E-state index < -0.39 is 0 Å². The number of hydrogen-bond acceptors (Lipinski definition) is 5. The van der Waals surface area contributed by atoms with Gasteiger partial charge in [0.05, 0.1) is 5.69 Å². The number of aromatic nitrogens is 5. The SMILES string of the molecule is Cc1ccc(C(C)(C)c2ccc(OCc3ccnc(-n4cnnc4)n3)cc2)cc1. The van der Waals surface area contributed by atoms with E-state index in [-0.39, 0.29) is 5.41 Å². The Morgan fingerprint density at radius 3 is 2.14 bits per heavy atom. The van der Waals surface area contributed by atoms with E-state index >= 15 is 0 Å². The van der Waals surface area contributed by atoms with Gasteiger partial charge in [0.1, 0.15) is 25.0 Å². The summed E-state index contributed by atoms with van der Waals surface area (Å²) in [5.41, 5.74) is 4.51. The molecule has 0 radical (unpaired) electrons. The van der Waals surface area contributed by atoms with Crippen LogP contribution in [-0.4, -0.2) is 24.7 Å². The molecule has 0 amide bonds. The van der Waals surface area contributed by atoms with E-state index in [9.17, 15) is 0 Å². The normalized spacial score (nSPS) is 11.4. The molecule has 0 atom stereocenters. The van der Waals surface area contributed by atoms with E-state index in [0.29, 0.717) is 12.6 Å². The number of hydrogen-bond donors (Lipinski definition) is 0. The van der Waals surface area contributed by atoms with Crippen LogP contribution in [0, 0.1) is 6.92 Å².